The van der Waals surface area contributed by atoms with Crippen molar-refractivity contribution in [3.63, 3.8) is 0 Å². The van der Waals surface area contributed by atoms with E-state index >= 15 is 0 Å². The Hall–Kier alpha value is -2.89. The normalized spacial score (nSPS) is 14.1. The summed E-state index contributed by atoms with van der Waals surface area (Å²) in [6, 6.07) is 13.2. The van der Waals surface area contributed by atoms with Gasteiger partial charge in [-0.1, -0.05) is 6.92 Å². The van der Waals surface area contributed by atoms with Crippen LogP contribution in [0, 0.1) is 5.82 Å². The van der Waals surface area contributed by atoms with Crippen molar-refractivity contribution in [2.24, 2.45) is 0 Å². The van der Waals surface area contributed by atoms with Gasteiger partial charge in [0.15, 0.2) is 0 Å². The van der Waals surface area contributed by atoms with Crippen LogP contribution >= 0.6 is 0 Å². The smallest absolute Gasteiger partial charge is 0.253 e. The third-order valence-electron chi connectivity index (χ3n) is 4.69. The monoisotopic (exact) mass is 369 g/mol. The van der Waals surface area contributed by atoms with E-state index in [0.29, 0.717) is 43.9 Å². The molecule has 1 fully saturated rings. The van der Waals surface area contributed by atoms with Crippen molar-refractivity contribution >= 4 is 17.5 Å². The SMILES string of the molecule is CCCNC(=O)c1ccc(C(=O)N2CCN(c3ccc(F)cc3)CC2)cc1. The number of amides is 2. The highest BCUT2D eigenvalue weighted by Gasteiger charge is 2.22. The van der Waals surface area contributed by atoms with E-state index in [4.69, 9.17) is 0 Å². The van der Waals surface area contributed by atoms with Crippen molar-refractivity contribution in [3.05, 3.63) is 65.5 Å². The largest absolute Gasteiger partial charge is 0.368 e. The van der Waals surface area contributed by atoms with Crippen LogP contribution in [0.25, 0.3) is 0 Å². The van der Waals surface area contributed by atoms with Crippen LogP contribution in [0.4, 0.5) is 10.1 Å². The fraction of sp³-hybridized carbons (Fsp3) is 0.333. The maximum absolute atomic E-state index is 13.1. The number of carbonyl (C=O) groups excluding carboxylic acids is 2. The predicted octanol–water partition coefficient (Wildman–Crippen LogP) is 2.93. The lowest BCUT2D eigenvalue weighted by molar-refractivity contribution is 0.0746. The number of anilines is 1. The van der Waals surface area contributed by atoms with Gasteiger partial charge >= 0.3 is 0 Å². The zero-order chi connectivity index (χ0) is 19.2. The lowest BCUT2D eigenvalue weighted by Gasteiger charge is -2.36. The number of nitrogens with one attached hydrogen (secondary N) is 1. The van der Waals surface area contributed by atoms with E-state index in [1.165, 1.54) is 12.1 Å². The Labute approximate surface area is 158 Å². The van der Waals surface area contributed by atoms with Crippen LogP contribution in [0.15, 0.2) is 48.5 Å². The van der Waals surface area contributed by atoms with Gasteiger partial charge in [-0.15, -0.1) is 0 Å². The summed E-state index contributed by atoms with van der Waals surface area (Å²) in [6.45, 7) is 5.25. The molecule has 2 aromatic carbocycles. The average Bonchev–Trinajstić information content (AvgIpc) is 2.72. The van der Waals surface area contributed by atoms with Crippen molar-refractivity contribution in [1.29, 1.82) is 0 Å². The minimum Gasteiger partial charge on any atom is -0.368 e. The molecule has 0 saturated carbocycles. The molecule has 1 saturated heterocycles. The zero-order valence-corrected chi connectivity index (χ0v) is 15.5. The summed E-state index contributed by atoms with van der Waals surface area (Å²) in [5.41, 5.74) is 2.10. The maximum Gasteiger partial charge on any atom is 0.253 e. The predicted molar refractivity (Wildman–Crippen MR) is 104 cm³/mol. The number of nitrogens with zero attached hydrogens (tertiary/aromatic N) is 2. The third kappa shape index (κ3) is 4.64. The first-order valence-corrected chi connectivity index (χ1v) is 9.26. The van der Waals surface area contributed by atoms with Crippen LogP contribution in [0.3, 0.4) is 0 Å². The Balaban J connectivity index is 1.57. The van der Waals surface area contributed by atoms with Gasteiger partial charge in [0.1, 0.15) is 5.82 Å². The molecular weight excluding hydrogens is 345 g/mol. The number of benzene rings is 2. The minimum atomic E-state index is -0.251. The van der Waals surface area contributed by atoms with E-state index in [2.05, 4.69) is 10.2 Å². The van der Waals surface area contributed by atoms with Crippen LogP contribution in [0.5, 0.6) is 0 Å². The molecule has 0 radical (unpaired) electrons. The van der Waals surface area contributed by atoms with Gasteiger partial charge in [0.05, 0.1) is 0 Å². The molecule has 0 aromatic heterocycles. The summed E-state index contributed by atoms with van der Waals surface area (Å²) in [4.78, 5) is 28.6. The van der Waals surface area contributed by atoms with E-state index in [0.717, 1.165) is 12.1 Å². The van der Waals surface area contributed by atoms with E-state index in [1.807, 2.05) is 11.8 Å². The van der Waals surface area contributed by atoms with Crippen LogP contribution < -0.4 is 10.2 Å². The Morgan fingerprint density at radius 3 is 2.11 bits per heavy atom. The van der Waals surface area contributed by atoms with E-state index in [9.17, 15) is 14.0 Å². The third-order valence-corrected chi connectivity index (χ3v) is 4.69. The van der Waals surface area contributed by atoms with Gasteiger partial charge in [-0.05, 0) is 55.0 Å². The molecule has 0 atom stereocenters. The summed E-state index contributed by atoms with van der Waals surface area (Å²) >= 11 is 0. The fourth-order valence-corrected chi connectivity index (χ4v) is 3.11. The molecule has 1 heterocycles. The van der Waals surface area contributed by atoms with Gasteiger partial charge in [0, 0.05) is 49.5 Å². The van der Waals surface area contributed by atoms with E-state index in [-0.39, 0.29) is 17.6 Å². The lowest BCUT2D eigenvalue weighted by Crippen LogP contribution is -2.48. The molecule has 1 aliphatic heterocycles. The summed E-state index contributed by atoms with van der Waals surface area (Å²) in [6.07, 6.45) is 0.881. The fourth-order valence-electron chi connectivity index (χ4n) is 3.11. The molecular formula is C21H24FN3O2. The van der Waals surface area contributed by atoms with Crippen LogP contribution in [-0.2, 0) is 0 Å². The number of rotatable bonds is 5. The van der Waals surface area contributed by atoms with Gasteiger partial charge < -0.3 is 15.1 Å². The summed E-state index contributed by atoms with van der Waals surface area (Å²) in [7, 11) is 0. The first-order valence-electron chi connectivity index (χ1n) is 9.26. The lowest BCUT2D eigenvalue weighted by atomic mass is 10.1. The second kappa shape index (κ2) is 8.66. The molecule has 142 valence electrons. The second-order valence-electron chi connectivity index (χ2n) is 6.59. The molecule has 0 aliphatic carbocycles. The summed E-state index contributed by atoms with van der Waals surface area (Å²) in [5.74, 6) is -0.405. The van der Waals surface area contributed by atoms with Crippen LogP contribution in [0.1, 0.15) is 34.1 Å². The number of hydrogen-bond donors (Lipinski definition) is 1. The highest BCUT2D eigenvalue weighted by Crippen LogP contribution is 2.18. The zero-order valence-electron chi connectivity index (χ0n) is 15.5. The van der Waals surface area contributed by atoms with E-state index in [1.54, 1.807) is 36.4 Å². The van der Waals surface area contributed by atoms with Crippen molar-refractivity contribution in [1.82, 2.24) is 10.2 Å². The Kier molecular flexibility index (Phi) is 6.06. The molecule has 1 N–H and O–H groups in total. The Bertz CT molecular complexity index is 782. The number of halogens is 1. The first kappa shape index (κ1) is 18.9. The van der Waals surface area contributed by atoms with Crippen molar-refractivity contribution in [2.75, 3.05) is 37.6 Å². The molecule has 0 bridgehead atoms. The molecule has 0 unspecified atom stereocenters. The molecule has 27 heavy (non-hydrogen) atoms. The number of carbonyl (C=O) groups is 2. The molecule has 2 aromatic rings. The van der Waals surface area contributed by atoms with Gasteiger partial charge in [0.25, 0.3) is 11.8 Å². The van der Waals surface area contributed by atoms with Gasteiger partial charge in [-0.25, -0.2) is 4.39 Å². The van der Waals surface area contributed by atoms with Gasteiger partial charge in [0.2, 0.25) is 0 Å². The van der Waals surface area contributed by atoms with E-state index < -0.39 is 0 Å². The summed E-state index contributed by atoms with van der Waals surface area (Å²) < 4.78 is 13.1. The maximum atomic E-state index is 13.1. The van der Waals surface area contributed by atoms with Crippen LogP contribution in [-0.4, -0.2) is 49.4 Å². The Morgan fingerprint density at radius 1 is 0.926 bits per heavy atom. The highest BCUT2D eigenvalue weighted by atomic mass is 19.1. The van der Waals surface area contributed by atoms with Crippen molar-refractivity contribution < 1.29 is 14.0 Å². The molecule has 2 amide bonds. The minimum absolute atomic E-state index is 0.0331. The molecule has 6 heteroatoms. The molecule has 0 spiro atoms. The number of piperazine rings is 1. The molecule has 3 rings (SSSR count). The average molecular weight is 369 g/mol. The van der Waals surface area contributed by atoms with Crippen molar-refractivity contribution in [2.45, 2.75) is 13.3 Å². The highest BCUT2D eigenvalue weighted by molar-refractivity contribution is 5.97. The Morgan fingerprint density at radius 2 is 1.52 bits per heavy atom. The molecule has 1 aliphatic rings. The summed E-state index contributed by atoms with van der Waals surface area (Å²) in [5, 5.41) is 2.82. The second-order valence-corrected chi connectivity index (χ2v) is 6.59. The topological polar surface area (TPSA) is 52.7 Å². The first-order chi connectivity index (χ1) is 13.1. The van der Waals surface area contributed by atoms with Gasteiger partial charge in [-0.2, -0.15) is 0 Å². The van der Waals surface area contributed by atoms with Crippen LogP contribution in [0.2, 0.25) is 0 Å². The number of hydrogen-bond acceptors (Lipinski definition) is 3. The van der Waals surface area contributed by atoms with Crippen molar-refractivity contribution in [3.8, 4) is 0 Å². The van der Waals surface area contributed by atoms with Gasteiger partial charge in [-0.3, -0.25) is 9.59 Å². The quantitative estimate of drug-likeness (QED) is 0.882. The molecule has 5 nitrogen and oxygen atoms in total. The standard InChI is InChI=1S/C21H24FN3O2/c1-2-11-23-20(26)16-3-5-17(6-4-16)21(27)25-14-12-24(13-15-25)19-9-7-18(22)8-10-19/h3-10H,2,11-15H2,1H3,(H,23,26).